The first-order valence-corrected chi connectivity index (χ1v) is 8.16. The van der Waals surface area contributed by atoms with Gasteiger partial charge in [0, 0.05) is 16.4 Å². The van der Waals surface area contributed by atoms with E-state index in [-0.39, 0.29) is 17.2 Å². The Hall–Kier alpha value is -0.0900. The van der Waals surface area contributed by atoms with Crippen LogP contribution in [0, 0.1) is 5.92 Å². The molecule has 2 atom stereocenters. The molecule has 0 spiro atoms. The fourth-order valence-corrected chi connectivity index (χ4v) is 4.08. The van der Waals surface area contributed by atoms with Crippen molar-refractivity contribution in [3.05, 3.63) is 33.3 Å². The van der Waals surface area contributed by atoms with Crippen molar-refractivity contribution in [2.75, 3.05) is 7.05 Å². The summed E-state index contributed by atoms with van der Waals surface area (Å²) in [5, 5.41) is 4.22. The predicted molar refractivity (Wildman–Crippen MR) is 88.3 cm³/mol. The third-order valence-electron chi connectivity index (χ3n) is 4.17. The lowest BCUT2D eigenvalue weighted by molar-refractivity contribution is -0.0776. The molecule has 1 aliphatic rings. The van der Waals surface area contributed by atoms with Crippen LogP contribution >= 0.6 is 27.5 Å². The Bertz CT molecular complexity index is 501. The second kappa shape index (κ2) is 5.60. The normalized spacial score (nSPS) is 25.6. The average Bonchev–Trinajstić information content (AvgIpc) is 2.54. The zero-order chi connectivity index (χ0) is 15.1. The standard InChI is InChI=1S/C16H23BrClNO/c1-15(2)9-11(16(3,4)20-15)14(19-5)10-7-6-8-12(17)13(10)18/h6-8,11,14,19H,9H2,1-5H3. The highest BCUT2D eigenvalue weighted by molar-refractivity contribution is 9.10. The molecule has 0 amide bonds. The molecule has 0 bridgehead atoms. The van der Waals surface area contributed by atoms with Gasteiger partial charge in [-0.05, 0) is 68.7 Å². The van der Waals surface area contributed by atoms with E-state index < -0.39 is 0 Å². The van der Waals surface area contributed by atoms with Crippen LogP contribution in [-0.4, -0.2) is 18.2 Å². The lowest BCUT2D eigenvalue weighted by atomic mass is 9.79. The molecule has 1 fully saturated rings. The van der Waals surface area contributed by atoms with E-state index in [1.54, 1.807) is 0 Å². The van der Waals surface area contributed by atoms with Crippen molar-refractivity contribution in [1.29, 1.82) is 0 Å². The Morgan fingerprint density at radius 2 is 2.00 bits per heavy atom. The summed E-state index contributed by atoms with van der Waals surface area (Å²) >= 11 is 9.99. The first-order chi connectivity index (χ1) is 9.18. The van der Waals surface area contributed by atoms with Crippen molar-refractivity contribution in [2.24, 2.45) is 5.92 Å². The summed E-state index contributed by atoms with van der Waals surface area (Å²) in [6.07, 6.45) is 1.01. The number of hydrogen-bond donors (Lipinski definition) is 1. The highest BCUT2D eigenvalue weighted by Crippen LogP contribution is 2.48. The monoisotopic (exact) mass is 359 g/mol. The SMILES string of the molecule is CNC(c1cccc(Br)c1Cl)C1CC(C)(C)OC1(C)C. The van der Waals surface area contributed by atoms with Crippen LogP contribution in [0.4, 0.5) is 0 Å². The molecule has 1 saturated heterocycles. The summed E-state index contributed by atoms with van der Waals surface area (Å²) in [4.78, 5) is 0. The molecular weight excluding hydrogens is 338 g/mol. The molecule has 0 radical (unpaired) electrons. The smallest absolute Gasteiger partial charge is 0.0681 e. The lowest BCUT2D eigenvalue weighted by Crippen LogP contribution is -2.37. The molecule has 2 rings (SSSR count). The van der Waals surface area contributed by atoms with Crippen molar-refractivity contribution in [1.82, 2.24) is 5.32 Å². The molecule has 2 nitrogen and oxygen atoms in total. The van der Waals surface area contributed by atoms with Crippen LogP contribution < -0.4 is 5.32 Å². The van der Waals surface area contributed by atoms with Gasteiger partial charge in [0.2, 0.25) is 0 Å². The highest BCUT2D eigenvalue weighted by Gasteiger charge is 2.49. The molecule has 0 aliphatic carbocycles. The van der Waals surface area contributed by atoms with E-state index in [1.165, 1.54) is 0 Å². The van der Waals surface area contributed by atoms with Crippen molar-refractivity contribution < 1.29 is 4.74 Å². The van der Waals surface area contributed by atoms with Gasteiger partial charge in [-0.3, -0.25) is 0 Å². The summed E-state index contributed by atoms with van der Waals surface area (Å²) in [6, 6.07) is 6.27. The zero-order valence-corrected chi connectivity index (χ0v) is 15.1. The first-order valence-electron chi connectivity index (χ1n) is 6.99. The summed E-state index contributed by atoms with van der Waals surface area (Å²) in [7, 11) is 1.99. The molecule has 0 aromatic heterocycles. The van der Waals surface area contributed by atoms with Gasteiger partial charge in [0.1, 0.15) is 0 Å². The van der Waals surface area contributed by atoms with Crippen molar-refractivity contribution >= 4 is 27.5 Å². The van der Waals surface area contributed by atoms with Gasteiger partial charge in [-0.25, -0.2) is 0 Å². The van der Waals surface area contributed by atoms with Gasteiger partial charge in [0.05, 0.1) is 16.2 Å². The van der Waals surface area contributed by atoms with Crippen LogP contribution in [0.15, 0.2) is 22.7 Å². The third-order valence-corrected chi connectivity index (χ3v) is 5.48. The van der Waals surface area contributed by atoms with E-state index in [0.29, 0.717) is 5.92 Å². The molecule has 2 unspecified atom stereocenters. The Labute approximate surface area is 135 Å². The maximum absolute atomic E-state index is 6.48. The quantitative estimate of drug-likeness (QED) is 0.823. The maximum Gasteiger partial charge on any atom is 0.0681 e. The fraction of sp³-hybridized carbons (Fsp3) is 0.625. The van der Waals surface area contributed by atoms with Crippen LogP contribution in [0.1, 0.15) is 45.7 Å². The minimum atomic E-state index is -0.178. The van der Waals surface area contributed by atoms with Gasteiger partial charge in [0.25, 0.3) is 0 Å². The summed E-state index contributed by atoms with van der Waals surface area (Å²) < 4.78 is 7.17. The molecule has 1 aliphatic heterocycles. The van der Waals surface area contributed by atoms with Crippen LogP contribution in [0.2, 0.25) is 5.02 Å². The van der Waals surface area contributed by atoms with Crippen molar-refractivity contribution in [3.8, 4) is 0 Å². The van der Waals surface area contributed by atoms with E-state index in [9.17, 15) is 0 Å². The largest absolute Gasteiger partial charge is 0.369 e. The fourth-order valence-electron chi connectivity index (χ4n) is 3.46. The average molecular weight is 361 g/mol. The van der Waals surface area contributed by atoms with Crippen molar-refractivity contribution in [2.45, 2.75) is 51.4 Å². The molecule has 20 heavy (non-hydrogen) atoms. The zero-order valence-electron chi connectivity index (χ0n) is 12.8. The molecule has 0 saturated carbocycles. The Morgan fingerprint density at radius 3 is 2.50 bits per heavy atom. The first kappa shape index (κ1) is 16.3. The van der Waals surface area contributed by atoms with Crippen LogP contribution in [0.25, 0.3) is 0 Å². The molecule has 1 aromatic carbocycles. The number of halogens is 2. The molecule has 4 heteroatoms. The van der Waals surface area contributed by atoms with E-state index >= 15 is 0 Å². The van der Waals surface area contributed by atoms with Crippen molar-refractivity contribution in [3.63, 3.8) is 0 Å². The van der Waals surface area contributed by atoms with Gasteiger partial charge in [0.15, 0.2) is 0 Å². The number of rotatable bonds is 3. The minimum Gasteiger partial charge on any atom is -0.369 e. The Kier molecular flexibility index (Phi) is 4.56. The molecular formula is C16H23BrClNO. The number of benzene rings is 1. The van der Waals surface area contributed by atoms with E-state index in [0.717, 1.165) is 21.5 Å². The second-order valence-corrected chi connectivity index (χ2v) is 7.92. The molecule has 1 N–H and O–H groups in total. The number of hydrogen-bond acceptors (Lipinski definition) is 2. The topological polar surface area (TPSA) is 21.3 Å². The van der Waals surface area contributed by atoms with Crippen LogP contribution in [-0.2, 0) is 4.74 Å². The highest BCUT2D eigenvalue weighted by atomic mass is 79.9. The third kappa shape index (κ3) is 3.06. The van der Waals surface area contributed by atoms with Gasteiger partial charge in [-0.2, -0.15) is 0 Å². The van der Waals surface area contributed by atoms with E-state index in [1.807, 2.05) is 19.2 Å². The van der Waals surface area contributed by atoms with Gasteiger partial charge < -0.3 is 10.1 Å². The predicted octanol–water partition coefficient (Wildman–Crippen LogP) is 4.96. The second-order valence-electron chi connectivity index (χ2n) is 6.69. The Morgan fingerprint density at radius 1 is 1.35 bits per heavy atom. The van der Waals surface area contributed by atoms with Crippen LogP contribution in [0.5, 0.6) is 0 Å². The minimum absolute atomic E-state index is 0.0955. The summed E-state index contributed by atoms with van der Waals surface area (Å²) in [6.45, 7) is 8.65. The number of ether oxygens (including phenoxy) is 1. The maximum atomic E-state index is 6.48. The summed E-state index contributed by atoms with van der Waals surface area (Å²) in [5.41, 5.74) is 0.854. The van der Waals surface area contributed by atoms with Gasteiger partial charge in [-0.1, -0.05) is 23.7 Å². The van der Waals surface area contributed by atoms with Crippen LogP contribution in [0.3, 0.4) is 0 Å². The molecule has 1 aromatic rings. The Balaban J connectivity index is 2.40. The number of nitrogens with one attached hydrogen (secondary N) is 1. The van der Waals surface area contributed by atoms with E-state index in [2.05, 4.69) is 55.0 Å². The van der Waals surface area contributed by atoms with E-state index in [4.69, 9.17) is 16.3 Å². The molecule has 112 valence electrons. The molecule has 1 heterocycles. The summed E-state index contributed by atoms with van der Waals surface area (Å²) in [5.74, 6) is 0.370. The van der Waals surface area contributed by atoms with Gasteiger partial charge >= 0.3 is 0 Å². The van der Waals surface area contributed by atoms with Gasteiger partial charge in [-0.15, -0.1) is 0 Å². The lowest BCUT2D eigenvalue weighted by Gasteiger charge is -2.33.